The van der Waals surface area contributed by atoms with Gasteiger partial charge in [-0.25, -0.2) is 9.18 Å². The van der Waals surface area contributed by atoms with Crippen LogP contribution in [0.25, 0.3) is 0 Å². The summed E-state index contributed by atoms with van der Waals surface area (Å²) in [4.78, 5) is 39.6. The quantitative estimate of drug-likeness (QED) is 0.824. The Balaban J connectivity index is 1.67. The maximum absolute atomic E-state index is 13.6. The van der Waals surface area contributed by atoms with Gasteiger partial charge in [-0.05, 0) is 32.0 Å². The Labute approximate surface area is 156 Å². The van der Waals surface area contributed by atoms with Crippen LogP contribution in [0.4, 0.5) is 14.9 Å². The van der Waals surface area contributed by atoms with Crippen LogP contribution < -0.4 is 10.2 Å². The highest BCUT2D eigenvalue weighted by Crippen LogP contribution is 2.25. The number of amides is 4. The Kier molecular flexibility index (Phi) is 5.21. The van der Waals surface area contributed by atoms with Gasteiger partial charge in [0.1, 0.15) is 18.4 Å². The molecule has 1 saturated heterocycles. The fourth-order valence-corrected chi connectivity index (χ4v) is 2.95. The van der Waals surface area contributed by atoms with Gasteiger partial charge in [-0.1, -0.05) is 35.9 Å². The van der Waals surface area contributed by atoms with E-state index >= 15 is 0 Å². The topological polar surface area (TPSA) is 69.7 Å². The minimum absolute atomic E-state index is 0.0149. The van der Waals surface area contributed by atoms with Crippen molar-refractivity contribution in [1.82, 2.24) is 10.2 Å². The number of anilines is 1. The zero-order chi connectivity index (χ0) is 19.6. The molecule has 0 aliphatic carbocycles. The molecular weight excluding hydrogens is 349 g/mol. The summed E-state index contributed by atoms with van der Waals surface area (Å²) in [5.41, 5.74) is 1.97. The molecule has 2 aromatic rings. The van der Waals surface area contributed by atoms with Gasteiger partial charge in [-0.3, -0.25) is 19.4 Å². The van der Waals surface area contributed by atoms with E-state index < -0.39 is 36.2 Å². The van der Waals surface area contributed by atoms with E-state index in [0.717, 1.165) is 10.5 Å². The highest BCUT2D eigenvalue weighted by molar-refractivity contribution is 6.15. The Bertz CT molecular complexity index is 882. The number of aryl methyl sites for hydroxylation is 1. The monoisotopic (exact) mass is 369 g/mol. The van der Waals surface area contributed by atoms with Crippen LogP contribution in [0.1, 0.15) is 18.1 Å². The van der Waals surface area contributed by atoms with E-state index in [-0.39, 0.29) is 6.54 Å². The van der Waals surface area contributed by atoms with Crippen molar-refractivity contribution in [3.8, 4) is 0 Å². The first-order chi connectivity index (χ1) is 12.9. The van der Waals surface area contributed by atoms with Crippen molar-refractivity contribution in [2.24, 2.45) is 0 Å². The zero-order valence-electron chi connectivity index (χ0n) is 15.1. The molecule has 7 heteroatoms. The highest BCUT2D eigenvalue weighted by Gasteiger charge is 2.43. The number of hydrogen-bond acceptors (Lipinski definition) is 3. The Morgan fingerprint density at radius 2 is 1.78 bits per heavy atom. The maximum Gasteiger partial charge on any atom is 0.332 e. The molecule has 0 bridgehead atoms. The molecule has 0 saturated carbocycles. The summed E-state index contributed by atoms with van der Waals surface area (Å²) < 4.78 is 13.6. The molecule has 1 heterocycles. The van der Waals surface area contributed by atoms with Gasteiger partial charge >= 0.3 is 6.03 Å². The number of urea groups is 1. The Morgan fingerprint density at radius 3 is 2.44 bits per heavy atom. The van der Waals surface area contributed by atoms with Gasteiger partial charge in [0.05, 0.1) is 0 Å². The van der Waals surface area contributed by atoms with Crippen LogP contribution in [-0.4, -0.2) is 35.3 Å². The summed E-state index contributed by atoms with van der Waals surface area (Å²) >= 11 is 0. The molecule has 0 unspecified atom stereocenters. The molecule has 4 amide bonds. The third kappa shape index (κ3) is 3.81. The molecular formula is C20H20FN3O3. The number of nitrogens with zero attached hydrogens (tertiary/aromatic N) is 2. The van der Waals surface area contributed by atoms with Crippen molar-refractivity contribution >= 4 is 23.5 Å². The first-order valence-corrected chi connectivity index (χ1v) is 8.60. The number of hydrogen-bond donors (Lipinski definition) is 1. The molecule has 0 spiro atoms. The number of carbonyl (C=O) groups excluding carboxylic acids is 3. The van der Waals surface area contributed by atoms with Gasteiger partial charge in [0.25, 0.3) is 5.91 Å². The molecule has 2 aromatic carbocycles. The molecule has 1 N–H and O–H groups in total. The summed E-state index contributed by atoms with van der Waals surface area (Å²) in [5.74, 6) is -1.40. The lowest BCUT2D eigenvalue weighted by Gasteiger charge is -2.19. The van der Waals surface area contributed by atoms with Gasteiger partial charge in [0, 0.05) is 17.8 Å². The molecule has 1 fully saturated rings. The lowest BCUT2D eigenvalue weighted by Crippen LogP contribution is -2.41. The second kappa shape index (κ2) is 7.57. The molecule has 3 rings (SSSR count). The number of halogens is 1. The molecule has 1 aliphatic rings. The van der Waals surface area contributed by atoms with E-state index in [9.17, 15) is 18.8 Å². The van der Waals surface area contributed by atoms with Gasteiger partial charge in [0.15, 0.2) is 0 Å². The molecule has 6 nitrogen and oxygen atoms in total. The summed E-state index contributed by atoms with van der Waals surface area (Å²) in [6.07, 6.45) is 0. The SMILES string of the molecule is Cc1ccc(N2C(=O)N(CC(=O)NCc3ccccc3F)C(=O)[C@@H]2C)cc1. The summed E-state index contributed by atoms with van der Waals surface area (Å²) in [6, 6.07) is 12.1. The standard InChI is InChI=1S/C20H20FN3O3/c1-13-7-9-16(10-8-13)24-14(2)19(26)23(20(24)27)12-18(25)22-11-15-5-3-4-6-17(15)21/h3-10,14H,11-12H2,1-2H3,(H,22,25)/t14-/m0/s1. The van der Waals surface area contributed by atoms with Crippen LogP contribution >= 0.6 is 0 Å². The predicted molar refractivity (Wildman–Crippen MR) is 98.5 cm³/mol. The smallest absolute Gasteiger partial charge is 0.332 e. The van der Waals surface area contributed by atoms with Crippen molar-refractivity contribution in [3.05, 3.63) is 65.5 Å². The van der Waals surface area contributed by atoms with E-state index in [1.165, 1.54) is 11.0 Å². The maximum atomic E-state index is 13.6. The lowest BCUT2D eigenvalue weighted by atomic mass is 10.2. The second-order valence-electron chi connectivity index (χ2n) is 6.46. The second-order valence-corrected chi connectivity index (χ2v) is 6.46. The van der Waals surface area contributed by atoms with Crippen LogP contribution in [0.15, 0.2) is 48.5 Å². The minimum atomic E-state index is -0.695. The lowest BCUT2D eigenvalue weighted by molar-refractivity contribution is -0.131. The Morgan fingerprint density at radius 1 is 1.11 bits per heavy atom. The normalized spacial score (nSPS) is 16.8. The number of benzene rings is 2. The molecule has 0 radical (unpaired) electrons. The largest absolute Gasteiger partial charge is 0.350 e. The van der Waals surface area contributed by atoms with Crippen LogP contribution in [0.5, 0.6) is 0 Å². The van der Waals surface area contributed by atoms with Gasteiger partial charge in [-0.15, -0.1) is 0 Å². The van der Waals surface area contributed by atoms with E-state index in [1.807, 2.05) is 19.1 Å². The van der Waals surface area contributed by atoms with Crippen LogP contribution in [-0.2, 0) is 16.1 Å². The predicted octanol–water partition coefficient (Wildman–Crippen LogP) is 2.61. The first-order valence-electron chi connectivity index (χ1n) is 8.60. The average molecular weight is 369 g/mol. The van der Waals surface area contributed by atoms with Crippen molar-refractivity contribution in [3.63, 3.8) is 0 Å². The third-order valence-electron chi connectivity index (χ3n) is 4.50. The van der Waals surface area contributed by atoms with Gasteiger partial charge < -0.3 is 5.32 Å². The van der Waals surface area contributed by atoms with E-state index in [2.05, 4.69) is 5.32 Å². The molecule has 1 atom stereocenters. The first kappa shape index (κ1) is 18.6. The van der Waals surface area contributed by atoms with Crippen LogP contribution in [0.2, 0.25) is 0 Å². The summed E-state index contributed by atoms with van der Waals surface area (Å²) in [7, 11) is 0. The molecule has 27 heavy (non-hydrogen) atoms. The molecule has 1 aliphatic heterocycles. The van der Waals surface area contributed by atoms with Crippen molar-refractivity contribution < 1.29 is 18.8 Å². The molecule has 0 aromatic heterocycles. The van der Waals surface area contributed by atoms with Crippen molar-refractivity contribution in [2.75, 3.05) is 11.4 Å². The summed E-state index contributed by atoms with van der Waals surface area (Å²) in [6.45, 7) is 3.13. The fourth-order valence-electron chi connectivity index (χ4n) is 2.95. The van der Waals surface area contributed by atoms with E-state index in [0.29, 0.717) is 11.3 Å². The van der Waals surface area contributed by atoms with Crippen molar-refractivity contribution in [1.29, 1.82) is 0 Å². The third-order valence-corrected chi connectivity index (χ3v) is 4.50. The highest BCUT2D eigenvalue weighted by atomic mass is 19.1. The van der Waals surface area contributed by atoms with Crippen LogP contribution in [0, 0.1) is 12.7 Å². The average Bonchev–Trinajstić information content (AvgIpc) is 2.85. The molecule has 140 valence electrons. The van der Waals surface area contributed by atoms with Crippen LogP contribution in [0.3, 0.4) is 0 Å². The zero-order valence-corrected chi connectivity index (χ0v) is 15.1. The number of imide groups is 1. The van der Waals surface area contributed by atoms with E-state index in [4.69, 9.17) is 0 Å². The Hall–Kier alpha value is -3.22. The van der Waals surface area contributed by atoms with Gasteiger partial charge in [0.2, 0.25) is 5.91 Å². The fraction of sp³-hybridized carbons (Fsp3) is 0.250. The van der Waals surface area contributed by atoms with Gasteiger partial charge in [-0.2, -0.15) is 0 Å². The summed E-state index contributed by atoms with van der Waals surface area (Å²) in [5, 5.41) is 2.54. The van der Waals surface area contributed by atoms with E-state index in [1.54, 1.807) is 37.3 Å². The number of carbonyl (C=O) groups is 3. The minimum Gasteiger partial charge on any atom is -0.350 e. The number of rotatable bonds is 5. The van der Waals surface area contributed by atoms with Crippen molar-refractivity contribution in [2.45, 2.75) is 26.4 Å². The number of nitrogens with one attached hydrogen (secondary N) is 1.